The number of nitrogens with zero attached hydrogens (tertiary/aromatic N) is 5. The molecule has 0 unspecified atom stereocenters. The summed E-state index contributed by atoms with van der Waals surface area (Å²) in [6.07, 6.45) is 3.73. The fourth-order valence-electron chi connectivity index (χ4n) is 3.03. The van der Waals surface area contributed by atoms with Gasteiger partial charge in [0, 0.05) is 32.8 Å². The van der Waals surface area contributed by atoms with Gasteiger partial charge in [0.15, 0.2) is 11.6 Å². The Hall–Kier alpha value is -3.29. The molecule has 1 aromatic carbocycles. The molecular weight excluding hydrogens is 380 g/mol. The molecule has 8 nitrogen and oxygen atoms in total. The maximum Gasteiger partial charge on any atom is 0.193 e. The SMILES string of the molecule is CCNC(=NCCCc1nnc2ccccn12)N(C)CCOc1ccc(OC)cc1. The molecule has 3 aromatic rings. The van der Waals surface area contributed by atoms with Crippen LogP contribution in [0.3, 0.4) is 0 Å². The molecule has 0 amide bonds. The standard InChI is InChI=1S/C22H30N6O2/c1-4-23-22(27(2)16-17-30-19-12-10-18(29-3)11-13-19)24-14-7-9-21-26-25-20-8-5-6-15-28(20)21/h5-6,8,10-13,15H,4,7,9,14,16-17H2,1-3H3,(H,23,24). The van der Waals surface area contributed by atoms with E-state index in [4.69, 9.17) is 14.5 Å². The van der Waals surface area contributed by atoms with Crippen molar-refractivity contribution in [2.45, 2.75) is 19.8 Å². The lowest BCUT2D eigenvalue weighted by atomic mass is 10.3. The van der Waals surface area contributed by atoms with E-state index >= 15 is 0 Å². The molecule has 3 rings (SSSR count). The molecule has 0 spiro atoms. The van der Waals surface area contributed by atoms with E-state index in [0.717, 1.165) is 54.9 Å². The minimum Gasteiger partial charge on any atom is -0.497 e. The largest absolute Gasteiger partial charge is 0.497 e. The summed E-state index contributed by atoms with van der Waals surface area (Å²) in [6, 6.07) is 13.5. The van der Waals surface area contributed by atoms with Gasteiger partial charge < -0.3 is 19.7 Å². The minimum atomic E-state index is 0.568. The van der Waals surface area contributed by atoms with Gasteiger partial charge in [0.2, 0.25) is 0 Å². The normalized spacial score (nSPS) is 11.5. The van der Waals surface area contributed by atoms with E-state index in [-0.39, 0.29) is 0 Å². The van der Waals surface area contributed by atoms with Crippen LogP contribution in [0.2, 0.25) is 0 Å². The highest BCUT2D eigenvalue weighted by molar-refractivity contribution is 5.79. The summed E-state index contributed by atoms with van der Waals surface area (Å²) in [5, 5.41) is 11.8. The number of nitrogens with one attached hydrogen (secondary N) is 1. The highest BCUT2D eigenvalue weighted by atomic mass is 16.5. The first-order chi connectivity index (χ1) is 14.7. The van der Waals surface area contributed by atoms with Crippen molar-refractivity contribution in [3.05, 3.63) is 54.5 Å². The Morgan fingerprint density at radius 3 is 2.70 bits per heavy atom. The molecule has 0 saturated heterocycles. The van der Waals surface area contributed by atoms with E-state index in [0.29, 0.717) is 13.2 Å². The van der Waals surface area contributed by atoms with Gasteiger partial charge in [0.1, 0.15) is 23.9 Å². The maximum absolute atomic E-state index is 5.82. The van der Waals surface area contributed by atoms with Crippen molar-refractivity contribution in [1.82, 2.24) is 24.8 Å². The van der Waals surface area contributed by atoms with Crippen LogP contribution in [0.5, 0.6) is 11.5 Å². The van der Waals surface area contributed by atoms with Gasteiger partial charge in [-0.2, -0.15) is 0 Å². The monoisotopic (exact) mass is 410 g/mol. The lowest BCUT2D eigenvalue weighted by Crippen LogP contribution is -2.41. The molecule has 2 aromatic heterocycles. The number of rotatable bonds is 10. The summed E-state index contributed by atoms with van der Waals surface area (Å²) in [5.74, 6) is 3.49. The van der Waals surface area contributed by atoms with Crippen LogP contribution in [-0.2, 0) is 6.42 Å². The van der Waals surface area contributed by atoms with Crippen molar-refractivity contribution in [1.29, 1.82) is 0 Å². The van der Waals surface area contributed by atoms with Crippen molar-refractivity contribution in [3.8, 4) is 11.5 Å². The van der Waals surface area contributed by atoms with E-state index in [1.54, 1.807) is 7.11 Å². The number of hydrogen-bond acceptors (Lipinski definition) is 5. The molecule has 0 bridgehead atoms. The summed E-state index contributed by atoms with van der Waals surface area (Å²) in [7, 11) is 3.67. The van der Waals surface area contributed by atoms with Gasteiger partial charge in [-0.05, 0) is 49.7 Å². The predicted molar refractivity (Wildman–Crippen MR) is 118 cm³/mol. The first-order valence-corrected chi connectivity index (χ1v) is 10.3. The number of pyridine rings is 1. The highest BCUT2D eigenvalue weighted by Gasteiger charge is 2.07. The van der Waals surface area contributed by atoms with Gasteiger partial charge in [-0.15, -0.1) is 10.2 Å². The number of fused-ring (bicyclic) bond motifs is 1. The highest BCUT2D eigenvalue weighted by Crippen LogP contribution is 2.16. The van der Waals surface area contributed by atoms with Gasteiger partial charge >= 0.3 is 0 Å². The smallest absolute Gasteiger partial charge is 0.193 e. The van der Waals surface area contributed by atoms with E-state index in [1.165, 1.54) is 0 Å². The molecular formula is C22H30N6O2. The van der Waals surface area contributed by atoms with Crippen molar-refractivity contribution < 1.29 is 9.47 Å². The average molecular weight is 411 g/mol. The van der Waals surface area contributed by atoms with E-state index in [2.05, 4.69) is 27.3 Å². The van der Waals surface area contributed by atoms with Crippen LogP contribution in [0.1, 0.15) is 19.2 Å². The maximum atomic E-state index is 5.82. The molecule has 2 heterocycles. The van der Waals surface area contributed by atoms with E-state index < -0.39 is 0 Å². The molecule has 8 heteroatoms. The fraction of sp³-hybridized carbons (Fsp3) is 0.409. The van der Waals surface area contributed by atoms with Crippen LogP contribution in [-0.4, -0.2) is 65.9 Å². The Balaban J connectivity index is 1.46. The molecule has 30 heavy (non-hydrogen) atoms. The number of hydrogen-bond donors (Lipinski definition) is 1. The van der Waals surface area contributed by atoms with Gasteiger partial charge in [-0.1, -0.05) is 6.07 Å². The predicted octanol–water partition coefficient (Wildman–Crippen LogP) is 2.65. The molecule has 160 valence electrons. The lowest BCUT2D eigenvalue weighted by Gasteiger charge is -2.22. The Bertz CT molecular complexity index is 938. The van der Waals surface area contributed by atoms with Gasteiger partial charge in [-0.3, -0.25) is 9.39 Å². The number of aryl methyl sites for hydroxylation is 1. The van der Waals surface area contributed by atoms with Gasteiger partial charge in [0.05, 0.1) is 13.7 Å². The van der Waals surface area contributed by atoms with Gasteiger partial charge in [-0.25, -0.2) is 0 Å². The first-order valence-electron chi connectivity index (χ1n) is 10.3. The third-order valence-corrected chi connectivity index (χ3v) is 4.66. The zero-order valence-electron chi connectivity index (χ0n) is 17.9. The summed E-state index contributed by atoms with van der Waals surface area (Å²) < 4.78 is 13.0. The zero-order valence-corrected chi connectivity index (χ0v) is 17.9. The van der Waals surface area contributed by atoms with Crippen LogP contribution in [0.25, 0.3) is 5.65 Å². The summed E-state index contributed by atoms with van der Waals surface area (Å²) >= 11 is 0. The number of guanidine groups is 1. The molecule has 0 aliphatic rings. The number of methoxy groups -OCH3 is 1. The van der Waals surface area contributed by atoms with Crippen molar-refractivity contribution >= 4 is 11.6 Å². The molecule has 1 N–H and O–H groups in total. The van der Waals surface area contributed by atoms with Crippen LogP contribution < -0.4 is 14.8 Å². The molecule has 0 radical (unpaired) electrons. The second-order valence-corrected chi connectivity index (χ2v) is 6.83. The number of benzene rings is 1. The van der Waals surface area contributed by atoms with Crippen LogP contribution in [0, 0.1) is 0 Å². The molecule has 0 fully saturated rings. The average Bonchev–Trinajstić information content (AvgIpc) is 3.19. The third-order valence-electron chi connectivity index (χ3n) is 4.66. The van der Waals surface area contributed by atoms with Crippen molar-refractivity contribution in [2.75, 3.05) is 40.4 Å². The van der Waals surface area contributed by atoms with Crippen LogP contribution in [0.15, 0.2) is 53.7 Å². The van der Waals surface area contributed by atoms with Crippen LogP contribution >= 0.6 is 0 Å². The summed E-state index contributed by atoms with van der Waals surface area (Å²) in [5.41, 5.74) is 0.876. The molecule has 0 aliphatic heterocycles. The molecule has 0 aliphatic carbocycles. The summed E-state index contributed by atoms with van der Waals surface area (Å²) in [4.78, 5) is 6.83. The number of likely N-dealkylation sites (N-methyl/N-ethyl adjacent to an activating group) is 1. The Kier molecular flexibility index (Phi) is 7.88. The topological polar surface area (TPSA) is 76.3 Å². The van der Waals surface area contributed by atoms with Crippen molar-refractivity contribution in [3.63, 3.8) is 0 Å². The first kappa shape index (κ1) is 21.4. The second kappa shape index (κ2) is 11.0. The van der Waals surface area contributed by atoms with Crippen LogP contribution in [0.4, 0.5) is 0 Å². The fourth-order valence-corrected chi connectivity index (χ4v) is 3.03. The number of ether oxygens (including phenoxy) is 2. The van der Waals surface area contributed by atoms with E-state index in [9.17, 15) is 0 Å². The number of aromatic nitrogens is 3. The summed E-state index contributed by atoms with van der Waals surface area (Å²) in [6.45, 7) is 4.90. The van der Waals surface area contributed by atoms with E-state index in [1.807, 2.05) is 60.1 Å². The Morgan fingerprint density at radius 2 is 1.93 bits per heavy atom. The Morgan fingerprint density at radius 1 is 1.13 bits per heavy atom. The Labute approximate surface area is 177 Å². The lowest BCUT2D eigenvalue weighted by molar-refractivity contribution is 0.281. The third kappa shape index (κ3) is 5.85. The number of aliphatic imine (C=N–C) groups is 1. The molecule has 0 saturated carbocycles. The zero-order chi connectivity index (χ0) is 21.2. The van der Waals surface area contributed by atoms with Crippen molar-refractivity contribution in [2.24, 2.45) is 4.99 Å². The minimum absolute atomic E-state index is 0.568. The molecule has 0 atom stereocenters. The second-order valence-electron chi connectivity index (χ2n) is 6.83. The van der Waals surface area contributed by atoms with Gasteiger partial charge in [0.25, 0.3) is 0 Å². The quantitative estimate of drug-likeness (QED) is 0.315.